The fourth-order valence-electron chi connectivity index (χ4n) is 1.98. The highest BCUT2D eigenvalue weighted by molar-refractivity contribution is 4.80. The number of hydrogen-bond acceptors (Lipinski definition) is 4. The molecule has 2 fully saturated rings. The standard InChI is InChI=1S/C10H19NO3/c12-9-3-8(4-9)5-11-6-10-1-2-13-7-14-10/h8-12H,1-7H2. The second-order valence-corrected chi connectivity index (χ2v) is 4.25. The molecule has 0 amide bonds. The van der Waals surface area contributed by atoms with Crippen LogP contribution in [0.25, 0.3) is 0 Å². The molecule has 1 saturated carbocycles. The van der Waals surface area contributed by atoms with E-state index in [1.54, 1.807) is 0 Å². The van der Waals surface area contributed by atoms with Crippen molar-refractivity contribution in [3.8, 4) is 0 Å². The van der Waals surface area contributed by atoms with Crippen molar-refractivity contribution in [2.75, 3.05) is 26.5 Å². The lowest BCUT2D eigenvalue weighted by molar-refractivity contribution is -0.137. The first-order valence-electron chi connectivity index (χ1n) is 5.42. The van der Waals surface area contributed by atoms with Gasteiger partial charge in [-0.2, -0.15) is 0 Å². The molecule has 0 bridgehead atoms. The van der Waals surface area contributed by atoms with Crippen LogP contribution in [-0.2, 0) is 9.47 Å². The summed E-state index contributed by atoms with van der Waals surface area (Å²) in [6, 6.07) is 0. The molecule has 2 N–H and O–H groups in total. The third-order valence-corrected chi connectivity index (χ3v) is 2.99. The molecule has 1 atom stereocenters. The number of aliphatic hydroxyl groups excluding tert-OH is 1. The summed E-state index contributed by atoms with van der Waals surface area (Å²) in [5, 5.41) is 12.5. The fourth-order valence-corrected chi connectivity index (χ4v) is 1.98. The van der Waals surface area contributed by atoms with Gasteiger partial charge in [-0.1, -0.05) is 0 Å². The van der Waals surface area contributed by atoms with E-state index in [9.17, 15) is 0 Å². The van der Waals surface area contributed by atoms with Crippen molar-refractivity contribution in [3.05, 3.63) is 0 Å². The average Bonchev–Trinajstić information content (AvgIpc) is 2.17. The summed E-state index contributed by atoms with van der Waals surface area (Å²) in [5.74, 6) is 0.671. The molecule has 0 aromatic rings. The molecular weight excluding hydrogens is 182 g/mol. The van der Waals surface area contributed by atoms with Crippen molar-refractivity contribution in [1.82, 2.24) is 5.32 Å². The Morgan fingerprint density at radius 2 is 2.14 bits per heavy atom. The Labute approximate surface area is 84.6 Å². The van der Waals surface area contributed by atoms with Crippen molar-refractivity contribution < 1.29 is 14.6 Å². The van der Waals surface area contributed by atoms with Gasteiger partial charge in [-0.25, -0.2) is 0 Å². The van der Waals surface area contributed by atoms with Crippen molar-refractivity contribution in [2.45, 2.75) is 31.5 Å². The first-order valence-corrected chi connectivity index (χ1v) is 5.42. The zero-order valence-electron chi connectivity index (χ0n) is 8.45. The number of ether oxygens (including phenoxy) is 2. The molecule has 0 radical (unpaired) electrons. The van der Waals surface area contributed by atoms with Crippen LogP contribution in [0, 0.1) is 5.92 Å². The van der Waals surface area contributed by atoms with Crippen LogP contribution in [0.2, 0.25) is 0 Å². The predicted molar refractivity (Wildman–Crippen MR) is 51.9 cm³/mol. The average molecular weight is 201 g/mol. The van der Waals surface area contributed by atoms with E-state index >= 15 is 0 Å². The van der Waals surface area contributed by atoms with E-state index in [0.29, 0.717) is 18.8 Å². The maximum absolute atomic E-state index is 9.10. The molecule has 1 unspecified atom stereocenters. The van der Waals surface area contributed by atoms with Crippen LogP contribution in [0.3, 0.4) is 0 Å². The molecule has 1 heterocycles. The number of nitrogens with one attached hydrogen (secondary N) is 1. The normalized spacial score (nSPS) is 37.9. The van der Waals surface area contributed by atoms with Crippen LogP contribution in [0.15, 0.2) is 0 Å². The van der Waals surface area contributed by atoms with Gasteiger partial charge in [0, 0.05) is 6.54 Å². The van der Waals surface area contributed by atoms with Gasteiger partial charge >= 0.3 is 0 Å². The summed E-state index contributed by atoms with van der Waals surface area (Å²) in [4.78, 5) is 0. The number of aliphatic hydroxyl groups is 1. The maximum Gasteiger partial charge on any atom is 0.147 e. The first-order chi connectivity index (χ1) is 6.84. The van der Waals surface area contributed by atoms with Gasteiger partial charge in [0.1, 0.15) is 6.79 Å². The van der Waals surface area contributed by atoms with Gasteiger partial charge < -0.3 is 19.9 Å². The summed E-state index contributed by atoms with van der Waals surface area (Å²) in [6.07, 6.45) is 3.18. The Morgan fingerprint density at radius 3 is 2.79 bits per heavy atom. The minimum absolute atomic E-state index is 0.0406. The third kappa shape index (κ3) is 2.92. The third-order valence-electron chi connectivity index (χ3n) is 2.99. The van der Waals surface area contributed by atoms with Gasteiger partial charge in [-0.15, -0.1) is 0 Å². The van der Waals surface area contributed by atoms with E-state index in [0.717, 1.165) is 39.0 Å². The van der Waals surface area contributed by atoms with E-state index in [1.807, 2.05) is 0 Å². The Balaban J connectivity index is 1.50. The molecular formula is C10H19NO3. The molecule has 1 aliphatic heterocycles. The van der Waals surface area contributed by atoms with Crippen LogP contribution in [0.1, 0.15) is 19.3 Å². The van der Waals surface area contributed by atoms with E-state index in [2.05, 4.69) is 5.32 Å². The van der Waals surface area contributed by atoms with Gasteiger partial charge in [-0.05, 0) is 31.7 Å². The Kier molecular flexibility index (Phi) is 3.75. The molecule has 4 heteroatoms. The minimum Gasteiger partial charge on any atom is -0.393 e. The molecule has 0 aromatic heterocycles. The fraction of sp³-hybridized carbons (Fsp3) is 1.00. The first kappa shape index (κ1) is 10.4. The molecule has 1 saturated heterocycles. The van der Waals surface area contributed by atoms with E-state index in [1.165, 1.54) is 0 Å². The largest absolute Gasteiger partial charge is 0.393 e. The summed E-state index contributed by atoms with van der Waals surface area (Å²) < 4.78 is 10.5. The van der Waals surface area contributed by atoms with Gasteiger partial charge in [-0.3, -0.25) is 0 Å². The van der Waals surface area contributed by atoms with Crippen LogP contribution in [0.4, 0.5) is 0 Å². The van der Waals surface area contributed by atoms with Crippen molar-refractivity contribution in [1.29, 1.82) is 0 Å². The second kappa shape index (κ2) is 5.07. The van der Waals surface area contributed by atoms with Crippen molar-refractivity contribution in [2.24, 2.45) is 5.92 Å². The molecule has 2 aliphatic rings. The van der Waals surface area contributed by atoms with Crippen LogP contribution >= 0.6 is 0 Å². The molecule has 82 valence electrons. The van der Waals surface area contributed by atoms with Gasteiger partial charge in [0.25, 0.3) is 0 Å². The van der Waals surface area contributed by atoms with Gasteiger partial charge in [0.05, 0.1) is 18.8 Å². The van der Waals surface area contributed by atoms with Crippen molar-refractivity contribution >= 4 is 0 Å². The SMILES string of the molecule is OC1CC(CNCC2CCOCO2)C1. The molecule has 4 nitrogen and oxygen atoms in total. The highest BCUT2D eigenvalue weighted by atomic mass is 16.7. The lowest BCUT2D eigenvalue weighted by Gasteiger charge is -2.32. The summed E-state index contributed by atoms with van der Waals surface area (Å²) in [6.45, 7) is 3.18. The lowest BCUT2D eigenvalue weighted by Crippen LogP contribution is -2.40. The molecule has 14 heavy (non-hydrogen) atoms. The van der Waals surface area contributed by atoms with E-state index in [4.69, 9.17) is 14.6 Å². The summed E-state index contributed by atoms with van der Waals surface area (Å²) in [5.41, 5.74) is 0. The Bertz CT molecular complexity index is 165. The highest BCUT2D eigenvalue weighted by Gasteiger charge is 2.26. The minimum atomic E-state index is -0.0406. The smallest absolute Gasteiger partial charge is 0.147 e. The van der Waals surface area contributed by atoms with Crippen LogP contribution in [-0.4, -0.2) is 43.8 Å². The van der Waals surface area contributed by atoms with Gasteiger partial charge in [0.15, 0.2) is 0 Å². The van der Waals surface area contributed by atoms with Crippen molar-refractivity contribution in [3.63, 3.8) is 0 Å². The lowest BCUT2D eigenvalue weighted by atomic mass is 9.82. The zero-order chi connectivity index (χ0) is 9.80. The molecule has 1 aliphatic carbocycles. The molecule has 2 rings (SSSR count). The Morgan fingerprint density at radius 1 is 1.29 bits per heavy atom. The maximum atomic E-state index is 9.10. The van der Waals surface area contributed by atoms with E-state index in [-0.39, 0.29) is 6.10 Å². The number of rotatable bonds is 4. The van der Waals surface area contributed by atoms with Crippen LogP contribution in [0.5, 0.6) is 0 Å². The zero-order valence-corrected chi connectivity index (χ0v) is 8.45. The quantitative estimate of drug-likeness (QED) is 0.678. The summed E-state index contributed by atoms with van der Waals surface area (Å²) in [7, 11) is 0. The van der Waals surface area contributed by atoms with Crippen LogP contribution < -0.4 is 5.32 Å². The van der Waals surface area contributed by atoms with E-state index < -0.39 is 0 Å². The Hall–Kier alpha value is -0.160. The monoisotopic (exact) mass is 201 g/mol. The van der Waals surface area contributed by atoms with Gasteiger partial charge in [0.2, 0.25) is 0 Å². The second-order valence-electron chi connectivity index (χ2n) is 4.25. The molecule has 0 aromatic carbocycles. The predicted octanol–water partition coefficient (Wildman–Crippen LogP) is 0.110. The topological polar surface area (TPSA) is 50.7 Å². The summed E-state index contributed by atoms with van der Waals surface area (Å²) >= 11 is 0. The number of hydrogen-bond donors (Lipinski definition) is 2. The highest BCUT2D eigenvalue weighted by Crippen LogP contribution is 2.26. The molecule has 0 spiro atoms.